The largest absolute Gasteiger partial charge is 1.00 e. The van der Waals surface area contributed by atoms with Crippen molar-refractivity contribution < 1.29 is 186 Å². The molecule has 0 bridgehead atoms. The van der Waals surface area contributed by atoms with Crippen LogP contribution in [0.15, 0.2) is 22.2 Å². The van der Waals surface area contributed by atoms with Gasteiger partial charge in [0.15, 0.2) is 34.8 Å². The normalized spacial score (nSPS) is 25.7. The first-order valence-electron chi connectivity index (χ1n) is 13.2. The van der Waals surface area contributed by atoms with Gasteiger partial charge in [-0.25, -0.2) is 9.97 Å². The van der Waals surface area contributed by atoms with Gasteiger partial charge in [-0.2, -0.15) is 9.97 Å². The number of aliphatic hydroxyl groups excluding tert-OH is 4. The first-order valence-corrected chi connectivity index (χ1v) is 16.1. The zero-order valence-corrected chi connectivity index (χ0v) is 37.4. The van der Waals surface area contributed by atoms with Crippen molar-refractivity contribution in [2.24, 2.45) is 0 Å². The molecule has 0 aromatic carbocycles. The molecule has 264 valence electrons. The van der Waals surface area contributed by atoms with Crippen LogP contribution in [0, 0.1) is 0 Å². The van der Waals surface area contributed by atoms with E-state index >= 15 is 0 Å². The first kappa shape index (κ1) is 50.3. The molecule has 2 fully saturated rings. The van der Waals surface area contributed by atoms with Crippen LogP contribution in [-0.4, -0.2) is 109 Å². The number of fused-ring (bicyclic) bond motifs is 2. The minimum atomic E-state index is -5.48. The van der Waals surface area contributed by atoms with Crippen molar-refractivity contribution in [3.05, 3.63) is 33.4 Å². The number of nitrogen functional groups attached to an aromatic ring is 2. The molecule has 2 saturated heterocycles. The molecule has 2 aliphatic rings. The summed E-state index contributed by atoms with van der Waals surface area (Å²) in [5, 5.41) is 38.7. The third-order valence-corrected chi connectivity index (χ3v) is 7.94. The monoisotopic (exact) mass is 814 g/mol. The molecule has 0 saturated carbocycles. The number of nitrogens with zero attached hydrogens (tertiary/aromatic N) is 6. The van der Waals surface area contributed by atoms with Gasteiger partial charge in [-0.05, 0) is 0 Å². The molecule has 4 aromatic heterocycles. The van der Waals surface area contributed by atoms with Crippen molar-refractivity contribution in [2.75, 3.05) is 24.7 Å². The van der Waals surface area contributed by atoms with Gasteiger partial charge in [-0.1, -0.05) is 0 Å². The summed E-state index contributed by atoms with van der Waals surface area (Å²) in [5.74, 6) is -0.445. The second-order valence-corrected chi connectivity index (χ2v) is 12.3. The number of rotatable bonds is 8. The quantitative estimate of drug-likeness (QED) is 0.0604. The Kier molecular flexibility index (Phi) is 19.5. The van der Waals surface area contributed by atoms with Gasteiger partial charge in [0.1, 0.15) is 36.6 Å². The van der Waals surface area contributed by atoms with Crippen LogP contribution in [0.5, 0.6) is 0 Å². The maximum atomic E-state index is 11.8. The van der Waals surface area contributed by atoms with Gasteiger partial charge in [0.05, 0.1) is 41.5 Å². The second-order valence-electron chi connectivity index (χ2n) is 10.1. The van der Waals surface area contributed by atoms with Crippen LogP contribution >= 0.6 is 15.6 Å². The molecule has 0 aliphatic carbocycles. The van der Waals surface area contributed by atoms with Gasteiger partial charge < -0.3 is 79.1 Å². The van der Waals surface area contributed by atoms with Crippen molar-refractivity contribution in [2.45, 2.75) is 49.1 Å². The number of hydrogen-bond acceptors (Lipinski definition) is 22. The summed E-state index contributed by atoms with van der Waals surface area (Å²) in [6.45, 7) is -1.39. The van der Waals surface area contributed by atoms with Gasteiger partial charge in [0.25, 0.3) is 11.1 Å². The van der Waals surface area contributed by atoms with E-state index < -0.39 is 89.1 Å². The van der Waals surface area contributed by atoms with Crippen molar-refractivity contribution in [3.8, 4) is 0 Å². The number of nitrogens with one attached hydrogen (secondary N) is 2. The Bertz CT molecular complexity index is 2030. The van der Waals surface area contributed by atoms with Gasteiger partial charge in [-0.15, -0.1) is 0 Å². The van der Waals surface area contributed by atoms with E-state index in [0.717, 1.165) is 21.8 Å². The predicted molar refractivity (Wildman–Crippen MR) is 144 cm³/mol. The van der Waals surface area contributed by atoms with E-state index in [2.05, 4.69) is 39.0 Å². The smallest absolute Gasteiger partial charge is 0.790 e. The number of hydrogen-bond donors (Lipinski definition) is 8. The zero-order chi connectivity index (χ0) is 35.3. The topological polar surface area (TPSA) is 423 Å². The molecular weight excluding hydrogens is 790 g/mol. The number of H-pyrrole nitrogens is 2. The molecule has 52 heavy (non-hydrogen) atoms. The summed E-state index contributed by atoms with van der Waals surface area (Å²) in [6.07, 6.45) is -9.57. The average molecular weight is 814 g/mol. The molecule has 8 atom stereocenters. The van der Waals surface area contributed by atoms with Gasteiger partial charge in [-0.3, -0.25) is 28.7 Å². The molecule has 0 radical (unpaired) electrons. The predicted octanol–water partition coefficient (Wildman–Crippen LogP) is -19.7. The number of aromatic nitrogens is 8. The van der Waals surface area contributed by atoms with Gasteiger partial charge >= 0.3 is 118 Å². The standard InChI is InChI=1S/2C10H14N5O8P.4Na/c11-10-13-7-4(8(18)14-10)12-2-15(7)9-5(17)6(3(1-16)22-9)23-24(19,20)21;11-10-13-7-4(8(18)14-10)12-2-15(7)9-6(23-24(19,20)21)5(17)3(1-16)22-9;;;;/h2*2-3,5-6,9,16-17H,1H2,(H2,19,20,21)(H3,11,13,14,18);;;;/q;;4*+1/p-4/t2*3-,5-,6-,9-;;;;/m11..../s1. The fourth-order valence-electron chi connectivity index (χ4n) is 4.99. The summed E-state index contributed by atoms with van der Waals surface area (Å²) < 4.78 is 43.2. The Balaban J connectivity index is 0.000000483. The molecule has 26 nitrogen and oxygen atoms in total. The number of nitrogens with two attached hydrogens (primary N) is 2. The van der Waals surface area contributed by atoms with Crippen LogP contribution < -0.4 is 160 Å². The number of aromatic amines is 2. The number of phosphoric acid groups is 2. The fourth-order valence-corrected chi connectivity index (χ4v) is 6.08. The number of aliphatic hydroxyl groups is 4. The van der Waals surface area contributed by atoms with E-state index in [0.29, 0.717) is 0 Å². The van der Waals surface area contributed by atoms with E-state index in [1.54, 1.807) is 0 Å². The molecule has 2 aliphatic heterocycles. The molecule has 6 rings (SSSR count). The van der Waals surface area contributed by atoms with Crippen LogP contribution in [0.1, 0.15) is 12.5 Å². The van der Waals surface area contributed by atoms with Crippen LogP contribution in [0.25, 0.3) is 22.3 Å². The van der Waals surface area contributed by atoms with Crippen molar-refractivity contribution in [3.63, 3.8) is 0 Å². The van der Waals surface area contributed by atoms with Crippen LogP contribution in [0.4, 0.5) is 11.9 Å². The minimum absolute atomic E-state index is 0. The number of imidazole rings is 2. The Morgan fingerprint density at radius 3 is 1.56 bits per heavy atom. The summed E-state index contributed by atoms with van der Waals surface area (Å²) in [4.78, 5) is 86.8. The third-order valence-electron chi connectivity index (χ3n) is 6.93. The zero-order valence-electron chi connectivity index (χ0n) is 27.6. The summed E-state index contributed by atoms with van der Waals surface area (Å²) in [6, 6.07) is 0. The Labute approximate surface area is 377 Å². The van der Waals surface area contributed by atoms with E-state index in [9.17, 15) is 58.7 Å². The number of phosphoric ester groups is 2. The molecule has 32 heteroatoms. The van der Waals surface area contributed by atoms with Crippen LogP contribution in [0.3, 0.4) is 0 Å². The Morgan fingerprint density at radius 1 is 0.731 bits per heavy atom. The molecule has 0 spiro atoms. The minimum Gasteiger partial charge on any atom is -0.790 e. The van der Waals surface area contributed by atoms with Crippen molar-refractivity contribution in [1.29, 1.82) is 0 Å². The van der Waals surface area contributed by atoms with E-state index in [1.807, 2.05) is 0 Å². The van der Waals surface area contributed by atoms with Crippen molar-refractivity contribution >= 4 is 49.9 Å². The Hall–Kier alpha value is 0.280. The fraction of sp³-hybridized carbons (Fsp3) is 0.500. The van der Waals surface area contributed by atoms with Crippen LogP contribution in [-0.2, 0) is 27.7 Å². The Morgan fingerprint density at radius 2 is 1.13 bits per heavy atom. The van der Waals surface area contributed by atoms with Gasteiger partial charge in [0, 0.05) is 0 Å². The second kappa shape index (κ2) is 20.1. The maximum Gasteiger partial charge on any atom is 1.00 e. The molecule has 10 N–H and O–H groups in total. The molecule has 6 heterocycles. The van der Waals surface area contributed by atoms with E-state index in [-0.39, 0.29) is 152 Å². The molecular formula is C20H24N10Na4O16P2. The van der Waals surface area contributed by atoms with Gasteiger partial charge in [0.2, 0.25) is 11.9 Å². The van der Waals surface area contributed by atoms with Crippen molar-refractivity contribution in [1.82, 2.24) is 39.0 Å². The molecule has 0 unspecified atom stereocenters. The van der Waals surface area contributed by atoms with E-state index in [4.69, 9.17) is 20.9 Å². The summed E-state index contributed by atoms with van der Waals surface area (Å²) in [7, 11) is -10.9. The average Bonchev–Trinajstić information content (AvgIpc) is 3.73. The maximum absolute atomic E-state index is 11.8. The number of ether oxygens (including phenoxy) is 2. The third kappa shape index (κ3) is 11.2. The number of anilines is 2. The van der Waals surface area contributed by atoms with Crippen LogP contribution in [0.2, 0.25) is 0 Å². The SMILES string of the molecule is Nc1nc2c(ncn2[C@@H]2O[C@H](CO)[C@@H](O)[C@H]2OP(=O)([O-])[O-])c(=O)[nH]1.Nc1nc2c(ncn2[C@@H]2O[C@H](CO)[C@@H](OP(=O)([O-])[O-])[C@H]2O)c(=O)[nH]1.[Na+].[Na+].[Na+].[Na+]. The molecule has 4 aromatic rings. The summed E-state index contributed by atoms with van der Waals surface area (Å²) in [5.41, 5.74) is 9.30. The van der Waals surface area contributed by atoms with E-state index in [1.165, 1.54) is 0 Å². The molecule has 0 amide bonds. The summed E-state index contributed by atoms with van der Waals surface area (Å²) >= 11 is 0. The first-order chi connectivity index (χ1) is 22.4.